The summed E-state index contributed by atoms with van der Waals surface area (Å²) in [6.45, 7) is 0.124. The van der Waals surface area contributed by atoms with Crippen molar-refractivity contribution in [2.24, 2.45) is 0 Å². The number of carbonyl (C=O) groups excluding carboxylic acids is 2. The Kier molecular flexibility index (Phi) is 6.13. The first-order chi connectivity index (χ1) is 18.0. The van der Waals surface area contributed by atoms with Crippen LogP contribution in [-0.4, -0.2) is 66.2 Å². The van der Waals surface area contributed by atoms with Gasteiger partial charge in [0.25, 0.3) is 11.8 Å². The van der Waals surface area contributed by atoms with Crippen LogP contribution in [0.5, 0.6) is 11.5 Å². The van der Waals surface area contributed by atoms with E-state index < -0.39 is 48.7 Å². The maximum absolute atomic E-state index is 13.4. The normalized spacial score (nSPS) is 29.0. The molecule has 3 heterocycles. The lowest BCUT2D eigenvalue weighted by atomic mass is 9.94. The van der Waals surface area contributed by atoms with E-state index >= 15 is 0 Å². The van der Waals surface area contributed by atoms with Crippen LogP contribution < -0.4 is 9.47 Å². The Morgan fingerprint density at radius 2 is 1.46 bits per heavy atom. The summed E-state index contributed by atoms with van der Waals surface area (Å²) >= 11 is 0. The van der Waals surface area contributed by atoms with E-state index in [4.69, 9.17) is 23.7 Å². The van der Waals surface area contributed by atoms with Crippen molar-refractivity contribution in [2.45, 2.75) is 36.9 Å². The summed E-state index contributed by atoms with van der Waals surface area (Å²) in [4.78, 5) is 27.8. The van der Waals surface area contributed by atoms with Gasteiger partial charge in [0.05, 0.1) is 24.8 Å². The number of nitrogens with zero attached hydrogens (tertiary/aromatic N) is 1. The fraction of sp³-hybridized carbons (Fsp3) is 0.286. The van der Waals surface area contributed by atoms with Crippen molar-refractivity contribution in [1.82, 2.24) is 4.90 Å². The number of imide groups is 1. The summed E-state index contributed by atoms with van der Waals surface area (Å²) in [5.41, 5.74) is 1.31. The second kappa shape index (κ2) is 9.60. The molecule has 37 heavy (non-hydrogen) atoms. The van der Waals surface area contributed by atoms with Crippen molar-refractivity contribution in [3.05, 3.63) is 95.6 Å². The van der Waals surface area contributed by atoms with Gasteiger partial charge < -0.3 is 28.8 Å². The average Bonchev–Trinajstić information content (AvgIpc) is 3.19. The highest BCUT2D eigenvalue weighted by molar-refractivity contribution is 6.21. The molecule has 0 spiro atoms. The van der Waals surface area contributed by atoms with Crippen LogP contribution in [0, 0.1) is 0 Å². The Balaban J connectivity index is 1.33. The number of hydrogen-bond acceptors (Lipinski definition) is 8. The molecule has 0 aromatic heterocycles. The molecule has 2 saturated heterocycles. The van der Waals surface area contributed by atoms with Crippen molar-refractivity contribution in [3.63, 3.8) is 0 Å². The molecule has 3 aliphatic rings. The first-order valence-corrected chi connectivity index (χ1v) is 12.0. The van der Waals surface area contributed by atoms with Gasteiger partial charge in [0.1, 0.15) is 35.9 Å². The summed E-state index contributed by atoms with van der Waals surface area (Å²) in [6.07, 6.45) is -4.78. The molecule has 190 valence electrons. The van der Waals surface area contributed by atoms with E-state index in [1.54, 1.807) is 55.6 Å². The van der Waals surface area contributed by atoms with Crippen molar-refractivity contribution in [1.29, 1.82) is 0 Å². The number of hydrogen-bond donors (Lipinski definition) is 1. The Morgan fingerprint density at radius 1 is 0.838 bits per heavy atom. The molecule has 6 atom stereocenters. The number of aliphatic hydroxyl groups excluding tert-OH is 1. The number of carbonyl (C=O) groups is 2. The zero-order chi connectivity index (χ0) is 25.5. The molecule has 0 aliphatic carbocycles. The minimum absolute atomic E-state index is 0.124. The third-order valence-corrected chi connectivity index (χ3v) is 6.84. The maximum atomic E-state index is 13.4. The first kappa shape index (κ1) is 23.6. The molecule has 0 bridgehead atoms. The van der Waals surface area contributed by atoms with Crippen LogP contribution in [0.1, 0.15) is 32.6 Å². The maximum Gasteiger partial charge on any atom is 0.262 e. The van der Waals surface area contributed by atoms with Crippen LogP contribution in [-0.2, 0) is 14.2 Å². The lowest BCUT2D eigenvalue weighted by Crippen LogP contribution is -2.68. The molecule has 2 fully saturated rings. The van der Waals surface area contributed by atoms with Gasteiger partial charge in [-0.1, -0.05) is 42.5 Å². The number of aliphatic hydroxyl groups is 1. The topological polar surface area (TPSA) is 104 Å². The smallest absolute Gasteiger partial charge is 0.262 e. The summed E-state index contributed by atoms with van der Waals surface area (Å²) in [5, 5.41) is 11.6. The monoisotopic (exact) mass is 503 g/mol. The van der Waals surface area contributed by atoms with Crippen LogP contribution in [0.3, 0.4) is 0 Å². The highest BCUT2D eigenvalue weighted by Gasteiger charge is 2.56. The molecule has 3 aromatic carbocycles. The van der Waals surface area contributed by atoms with Crippen LogP contribution in [0.25, 0.3) is 0 Å². The van der Waals surface area contributed by atoms with Crippen LogP contribution in [0.4, 0.5) is 0 Å². The van der Waals surface area contributed by atoms with Crippen LogP contribution in [0.2, 0.25) is 0 Å². The molecule has 3 aliphatic heterocycles. The second-order valence-corrected chi connectivity index (χ2v) is 9.02. The van der Waals surface area contributed by atoms with Crippen LogP contribution >= 0.6 is 0 Å². The summed E-state index contributed by atoms with van der Waals surface area (Å²) < 4.78 is 29.6. The summed E-state index contributed by atoms with van der Waals surface area (Å²) in [5.74, 6) is -0.00351. The van der Waals surface area contributed by atoms with E-state index in [2.05, 4.69) is 0 Å². The third kappa shape index (κ3) is 4.15. The molecule has 9 heteroatoms. The van der Waals surface area contributed by atoms with E-state index in [0.717, 1.165) is 10.5 Å². The third-order valence-electron chi connectivity index (χ3n) is 6.84. The number of benzene rings is 3. The Morgan fingerprint density at radius 3 is 2.11 bits per heavy atom. The molecular formula is C28H25NO8. The Bertz CT molecular complexity index is 1260. The molecule has 0 radical (unpaired) electrons. The van der Waals surface area contributed by atoms with E-state index in [0.29, 0.717) is 11.5 Å². The Labute approximate surface area is 213 Å². The largest absolute Gasteiger partial charge is 0.497 e. The van der Waals surface area contributed by atoms with Crippen molar-refractivity contribution in [3.8, 4) is 11.5 Å². The van der Waals surface area contributed by atoms with Gasteiger partial charge in [0.2, 0.25) is 6.29 Å². The van der Waals surface area contributed by atoms with Gasteiger partial charge in [-0.05, 0) is 36.4 Å². The van der Waals surface area contributed by atoms with E-state index in [-0.39, 0.29) is 17.7 Å². The lowest BCUT2D eigenvalue weighted by Gasteiger charge is -2.49. The van der Waals surface area contributed by atoms with Crippen molar-refractivity contribution < 1.29 is 38.4 Å². The summed E-state index contributed by atoms with van der Waals surface area (Å²) in [6, 6.07) is 21.5. The van der Waals surface area contributed by atoms with Gasteiger partial charge >= 0.3 is 0 Å². The minimum Gasteiger partial charge on any atom is -0.497 e. The van der Waals surface area contributed by atoms with Gasteiger partial charge in [-0.25, -0.2) is 0 Å². The highest BCUT2D eigenvalue weighted by Crippen LogP contribution is 2.38. The predicted octanol–water partition coefficient (Wildman–Crippen LogP) is 2.94. The number of amides is 2. The molecule has 0 saturated carbocycles. The molecule has 1 N–H and O–H groups in total. The molecular weight excluding hydrogens is 478 g/mol. The van der Waals surface area contributed by atoms with Crippen molar-refractivity contribution in [2.75, 3.05) is 13.7 Å². The zero-order valence-electron chi connectivity index (χ0n) is 19.9. The second-order valence-electron chi connectivity index (χ2n) is 9.02. The number of methoxy groups -OCH3 is 1. The van der Waals surface area contributed by atoms with E-state index in [1.807, 2.05) is 30.3 Å². The van der Waals surface area contributed by atoms with E-state index in [1.165, 1.54) is 0 Å². The quantitative estimate of drug-likeness (QED) is 0.530. The van der Waals surface area contributed by atoms with Gasteiger partial charge in [-0.15, -0.1) is 0 Å². The summed E-state index contributed by atoms with van der Waals surface area (Å²) in [7, 11) is 1.56. The lowest BCUT2D eigenvalue weighted by molar-refractivity contribution is -0.338. The highest BCUT2D eigenvalue weighted by atomic mass is 16.7. The van der Waals surface area contributed by atoms with Gasteiger partial charge in [0, 0.05) is 5.56 Å². The molecule has 3 aromatic rings. The van der Waals surface area contributed by atoms with Gasteiger partial charge in [-0.3, -0.25) is 14.5 Å². The number of rotatable bonds is 5. The Hall–Kier alpha value is -3.76. The standard InChI is InChI=1S/C28H25NO8/c1-33-17-11-13-18(14-12-17)35-28-22(29-25(31)19-9-5-6-10-20(19)26(29)32)23(30)24-21(36-28)15-34-27(37-24)16-7-3-2-4-8-16/h2-14,21-24,27-28,30H,15H2,1H3/t21?,22?,23?,24-,27?,28-/m1/s1. The number of ether oxygens (including phenoxy) is 5. The van der Waals surface area contributed by atoms with Gasteiger partial charge in [0.15, 0.2) is 6.29 Å². The molecule has 2 amide bonds. The zero-order valence-corrected chi connectivity index (χ0v) is 19.9. The number of fused-ring (bicyclic) bond motifs is 2. The SMILES string of the molecule is COc1ccc(O[C@@H]2OC3COC(c4ccccc4)O[C@H]3C(O)C2N2C(=O)c3ccccc3C2=O)cc1. The molecule has 6 rings (SSSR count). The first-order valence-electron chi connectivity index (χ1n) is 12.0. The fourth-order valence-electron chi connectivity index (χ4n) is 5.00. The minimum atomic E-state index is -1.31. The fourth-order valence-corrected chi connectivity index (χ4v) is 5.00. The van der Waals surface area contributed by atoms with Gasteiger partial charge in [-0.2, -0.15) is 0 Å². The molecule has 4 unspecified atom stereocenters. The van der Waals surface area contributed by atoms with E-state index in [9.17, 15) is 14.7 Å². The van der Waals surface area contributed by atoms with Crippen molar-refractivity contribution >= 4 is 11.8 Å². The molecule has 9 nitrogen and oxygen atoms in total. The average molecular weight is 504 g/mol. The van der Waals surface area contributed by atoms with Crippen LogP contribution in [0.15, 0.2) is 78.9 Å². The predicted molar refractivity (Wildman–Crippen MR) is 129 cm³/mol.